The van der Waals surface area contributed by atoms with Gasteiger partial charge in [0.2, 0.25) is 0 Å². The van der Waals surface area contributed by atoms with Gasteiger partial charge in [0.1, 0.15) is 17.8 Å². The second-order valence-corrected chi connectivity index (χ2v) is 4.72. The summed E-state index contributed by atoms with van der Waals surface area (Å²) >= 11 is 0. The van der Waals surface area contributed by atoms with Gasteiger partial charge in [-0.25, -0.2) is 0 Å². The third-order valence-electron chi connectivity index (χ3n) is 3.41. The maximum Gasteiger partial charge on any atom is 0.152 e. The summed E-state index contributed by atoms with van der Waals surface area (Å²) in [5.74, 6) is 0. The van der Waals surface area contributed by atoms with Crippen LogP contribution < -0.4 is 0 Å². The van der Waals surface area contributed by atoms with Crippen LogP contribution in [0.15, 0.2) is 12.5 Å². The summed E-state index contributed by atoms with van der Waals surface area (Å²) in [4.78, 5) is 4.07. The van der Waals surface area contributed by atoms with Crippen molar-refractivity contribution in [3.8, 4) is 0 Å². The molecule has 2 aromatic rings. The fourth-order valence-electron chi connectivity index (χ4n) is 2.32. The third kappa shape index (κ3) is 2.17. The molecule has 3 rings (SSSR count). The summed E-state index contributed by atoms with van der Waals surface area (Å²) in [5.41, 5.74) is -0.494. The van der Waals surface area contributed by atoms with Gasteiger partial charge < -0.3 is 24.6 Å². The van der Waals surface area contributed by atoms with Crippen molar-refractivity contribution in [1.29, 1.82) is 0 Å². The van der Waals surface area contributed by atoms with Crippen LogP contribution in [0.2, 0.25) is 0 Å². The first kappa shape index (κ1) is 15.5. The first-order chi connectivity index (χ1) is 9.05. The Morgan fingerprint density at radius 2 is 2.30 bits per heavy atom. The van der Waals surface area contributed by atoms with Crippen molar-refractivity contribution in [3.63, 3.8) is 0 Å². The van der Waals surface area contributed by atoms with Gasteiger partial charge in [-0.3, -0.25) is 10.1 Å². The van der Waals surface area contributed by atoms with Crippen LogP contribution in [-0.4, -0.2) is 59.5 Å². The van der Waals surface area contributed by atoms with Crippen molar-refractivity contribution in [2.45, 2.75) is 31.0 Å². The molecular formula is C11H13N4O4W-. The zero-order valence-corrected chi connectivity index (χ0v) is 13.5. The number of hydrogen-bond acceptors (Lipinski definition) is 7. The van der Waals surface area contributed by atoms with Gasteiger partial charge in [-0.15, -0.1) is 0 Å². The van der Waals surface area contributed by atoms with E-state index in [1.165, 1.54) is 19.4 Å². The van der Waals surface area contributed by atoms with Gasteiger partial charge in [0.15, 0.2) is 6.23 Å². The minimum absolute atomic E-state index is 0. The molecule has 1 aliphatic rings. The van der Waals surface area contributed by atoms with E-state index in [9.17, 15) is 10.2 Å². The molecule has 3 heterocycles. The van der Waals surface area contributed by atoms with Crippen molar-refractivity contribution in [1.82, 2.24) is 19.7 Å². The topological polar surface area (TPSA) is 114 Å². The number of fused-ring (bicyclic) bond motifs is 1. The minimum atomic E-state index is -1.55. The zero-order valence-electron chi connectivity index (χ0n) is 10.5. The molecule has 0 unspecified atom stereocenters. The summed E-state index contributed by atoms with van der Waals surface area (Å²) in [5, 5.41) is 36.8. The Morgan fingerprint density at radius 3 is 2.95 bits per heavy atom. The van der Waals surface area contributed by atoms with Gasteiger partial charge in [0.25, 0.3) is 0 Å². The van der Waals surface area contributed by atoms with Crippen LogP contribution in [-0.2, 0) is 25.8 Å². The maximum absolute atomic E-state index is 10.4. The summed E-state index contributed by atoms with van der Waals surface area (Å²) in [6, 6.07) is 0. The van der Waals surface area contributed by atoms with Gasteiger partial charge >= 0.3 is 0 Å². The summed E-state index contributed by atoms with van der Waals surface area (Å²) in [6.07, 6.45) is 2.62. The van der Waals surface area contributed by atoms with Gasteiger partial charge in [-0.05, 0) is 13.1 Å². The molecular weight excluding hydrogens is 436 g/mol. The Labute approximate surface area is 128 Å². The Hall–Kier alpha value is -0.922. The molecule has 0 amide bonds. The third-order valence-corrected chi connectivity index (χ3v) is 3.41. The van der Waals surface area contributed by atoms with E-state index >= 15 is 0 Å². The van der Waals surface area contributed by atoms with Crippen molar-refractivity contribution in [2.75, 3.05) is 6.61 Å². The first-order valence-electron chi connectivity index (χ1n) is 5.78. The number of ether oxygens (including phenoxy) is 1. The number of imidazole rings is 1. The predicted molar refractivity (Wildman–Crippen MR) is 61.8 cm³/mol. The molecule has 0 spiro atoms. The van der Waals surface area contributed by atoms with E-state index in [2.05, 4.69) is 21.4 Å². The van der Waals surface area contributed by atoms with Crippen LogP contribution in [0.4, 0.5) is 0 Å². The van der Waals surface area contributed by atoms with Gasteiger partial charge in [0.05, 0.1) is 12.9 Å². The Bertz CT molecular complexity index is 605. The molecule has 2 aromatic heterocycles. The molecule has 108 valence electrons. The Kier molecular flexibility index (Phi) is 4.22. The largest absolute Gasteiger partial charge is 0.394 e. The van der Waals surface area contributed by atoms with E-state index in [0.717, 1.165) is 0 Å². The molecule has 1 aliphatic heterocycles. The molecule has 9 heteroatoms. The molecule has 0 radical (unpaired) electrons. The van der Waals surface area contributed by atoms with Crippen molar-refractivity contribution >= 4 is 11.0 Å². The van der Waals surface area contributed by atoms with E-state index < -0.39 is 24.0 Å². The van der Waals surface area contributed by atoms with E-state index in [1.807, 2.05) is 0 Å². The molecule has 0 aromatic carbocycles. The normalized spacial score (nSPS) is 33.3. The second-order valence-electron chi connectivity index (χ2n) is 4.72. The Balaban J connectivity index is 0.00000147. The van der Waals surface area contributed by atoms with Crippen LogP contribution in [0.1, 0.15) is 13.2 Å². The van der Waals surface area contributed by atoms with Gasteiger partial charge in [0, 0.05) is 21.1 Å². The molecule has 1 saturated heterocycles. The molecule has 1 fully saturated rings. The van der Waals surface area contributed by atoms with E-state index in [4.69, 9.17) is 9.84 Å². The number of hydrogen-bond donors (Lipinski definition) is 3. The van der Waals surface area contributed by atoms with Crippen molar-refractivity contribution in [2.24, 2.45) is 0 Å². The fraction of sp³-hybridized carbons (Fsp3) is 0.545. The smallest absolute Gasteiger partial charge is 0.152 e. The van der Waals surface area contributed by atoms with Crippen molar-refractivity contribution in [3.05, 3.63) is 18.7 Å². The molecule has 0 aliphatic carbocycles. The number of aliphatic hydroxyl groups is 3. The van der Waals surface area contributed by atoms with Crippen LogP contribution >= 0.6 is 0 Å². The maximum atomic E-state index is 10.4. The number of aliphatic hydroxyl groups excluding tert-OH is 2. The summed E-state index contributed by atoms with van der Waals surface area (Å²) in [7, 11) is 0. The predicted octanol–water partition coefficient (Wildman–Crippen LogP) is -1.37. The SMILES string of the molecule is C[C@@]1(O)[C@H](O)[C@@H](CO)O[C@H]1n1cnc2[c-]nncc21.[W]. The monoisotopic (exact) mass is 449 g/mol. The summed E-state index contributed by atoms with van der Waals surface area (Å²) < 4.78 is 7.04. The van der Waals surface area contributed by atoms with Crippen LogP contribution in [0.3, 0.4) is 0 Å². The van der Waals surface area contributed by atoms with E-state index in [-0.39, 0.29) is 27.7 Å². The second kappa shape index (κ2) is 5.46. The average molecular weight is 449 g/mol. The van der Waals surface area contributed by atoms with Gasteiger partial charge in [-0.2, -0.15) is 5.10 Å². The van der Waals surface area contributed by atoms with Crippen LogP contribution in [0.25, 0.3) is 11.0 Å². The number of nitrogens with zero attached hydrogens (tertiary/aromatic N) is 4. The molecule has 0 bridgehead atoms. The molecule has 20 heavy (non-hydrogen) atoms. The zero-order chi connectivity index (χ0) is 13.6. The average Bonchev–Trinajstić information content (AvgIpc) is 2.91. The first-order valence-corrected chi connectivity index (χ1v) is 5.78. The minimum Gasteiger partial charge on any atom is -0.394 e. The van der Waals surface area contributed by atoms with E-state index in [1.54, 1.807) is 4.57 Å². The van der Waals surface area contributed by atoms with Crippen LogP contribution in [0, 0.1) is 6.20 Å². The molecule has 4 atom stereocenters. The standard InChI is InChI=1S/C11H13N4O4.W/c1-11(18)9(17)8(4-16)19-10(11)15-5-12-6-2-13-14-3-7(6)15;/h3,5,8-10,16-18H,4H2,1H3;/q-1;/t8-,9-,10-,11-;/m1./s1. The fourth-order valence-corrected chi connectivity index (χ4v) is 2.32. The number of rotatable bonds is 2. The summed E-state index contributed by atoms with van der Waals surface area (Å²) in [6.45, 7) is 1.06. The Morgan fingerprint density at radius 1 is 1.55 bits per heavy atom. The molecule has 3 N–H and O–H groups in total. The quantitative estimate of drug-likeness (QED) is 0.485. The van der Waals surface area contributed by atoms with Crippen LogP contribution in [0.5, 0.6) is 0 Å². The number of aromatic nitrogens is 4. The van der Waals surface area contributed by atoms with Gasteiger partial charge in [-0.1, -0.05) is 17.2 Å². The van der Waals surface area contributed by atoms with E-state index in [0.29, 0.717) is 11.0 Å². The van der Waals surface area contributed by atoms with Crippen molar-refractivity contribution < 1.29 is 41.1 Å². The molecule has 8 nitrogen and oxygen atoms in total. The molecule has 0 saturated carbocycles.